The van der Waals surface area contributed by atoms with Crippen LogP contribution in [0.15, 0.2) is 35.7 Å². The Balaban J connectivity index is 1.59. The maximum Gasteiger partial charge on any atom is 0.409 e. The normalized spacial score (nSPS) is 20.4. The summed E-state index contributed by atoms with van der Waals surface area (Å²) in [5.41, 5.74) is 0.991. The van der Waals surface area contributed by atoms with E-state index in [1.165, 1.54) is 22.8 Å². The average Bonchev–Trinajstić information content (AvgIpc) is 3.32. The minimum atomic E-state index is -0.368. The summed E-state index contributed by atoms with van der Waals surface area (Å²) in [4.78, 5) is 33.2. The second kappa shape index (κ2) is 8.42. The number of fused-ring (bicyclic) bond motifs is 1. The van der Waals surface area contributed by atoms with E-state index >= 15 is 0 Å². The van der Waals surface area contributed by atoms with Gasteiger partial charge in [-0.15, -0.1) is 0 Å². The third-order valence-corrected chi connectivity index (χ3v) is 6.36. The van der Waals surface area contributed by atoms with Crippen molar-refractivity contribution in [3.05, 3.63) is 36.2 Å². The Bertz CT molecular complexity index is 896. The Morgan fingerprint density at radius 1 is 1.31 bits per heavy atom. The molecule has 0 saturated carbocycles. The van der Waals surface area contributed by atoms with E-state index in [0.29, 0.717) is 37.9 Å². The summed E-state index contributed by atoms with van der Waals surface area (Å²) in [7, 11) is 1.63. The molecule has 2 unspecified atom stereocenters. The van der Waals surface area contributed by atoms with Gasteiger partial charge in [-0.3, -0.25) is 9.69 Å². The molecule has 1 amide bonds. The second-order valence-electron chi connectivity index (χ2n) is 6.77. The zero-order valence-corrected chi connectivity index (χ0v) is 17.2. The first-order valence-electron chi connectivity index (χ1n) is 9.53. The van der Waals surface area contributed by atoms with Crippen LogP contribution in [0.3, 0.4) is 0 Å². The Kier molecular flexibility index (Phi) is 5.72. The van der Waals surface area contributed by atoms with Gasteiger partial charge in [-0.2, -0.15) is 9.78 Å². The van der Waals surface area contributed by atoms with Gasteiger partial charge in [0.2, 0.25) is 0 Å². The number of rotatable bonds is 5. The average molecular weight is 417 g/mol. The molecule has 1 aromatic heterocycles. The van der Waals surface area contributed by atoms with Gasteiger partial charge >= 0.3 is 6.09 Å². The molecule has 2 aromatic rings. The van der Waals surface area contributed by atoms with Gasteiger partial charge in [0.05, 0.1) is 19.8 Å². The summed E-state index contributed by atoms with van der Waals surface area (Å²) in [5, 5.41) is 4.30. The van der Waals surface area contributed by atoms with E-state index in [1.807, 2.05) is 24.3 Å². The molecule has 3 heterocycles. The monoisotopic (exact) mass is 417 g/mol. The minimum absolute atomic E-state index is 0.0804. The highest BCUT2D eigenvalue weighted by atomic mass is 32.2. The van der Waals surface area contributed by atoms with E-state index in [0.717, 1.165) is 11.3 Å². The van der Waals surface area contributed by atoms with Crippen LogP contribution in [0.25, 0.3) is 0 Å². The number of thioether (sulfide) groups is 1. The number of benzene rings is 1. The van der Waals surface area contributed by atoms with Crippen LogP contribution in [-0.2, 0) is 4.74 Å². The Labute approximate surface area is 173 Å². The Hall–Kier alpha value is -2.59. The first kappa shape index (κ1) is 19.7. The fraction of sp³-hybridized carbons (Fsp3) is 0.474. The zero-order chi connectivity index (χ0) is 20.4. The molecule has 1 fully saturated rings. The molecule has 2 aliphatic heterocycles. The number of ether oxygens (including phenoxy) is 2. The van der Waals surface area contributed by atoms with Gasteiger partial charge in [0, 0.05) is 26.2 Å². The molecule has 0 radical (unpaired) electrons. The molecule has 2 atom stereocenters. The highest BCUT2D eigenvalue weighted by Gasteiger charge is 2.43. The van der Waals surface area contributed by atoms with Gasteiger partial charge in [-0.05, 0) is 24.6 Å². The molecule has 2 aliphatic rings. The lowest BCUT2D eigenvalue weighted by Gasteiger charge is -2.40. The smallest absolute Gasteiger partial charge is 0.409 e. The van der Waals surface area contributed by atoms with Crippen LogP contribution in [0, 0.1) is 0 Å². The minimum Gasteiger partial charge on any atom is -0.497 e. The van der Waals surface area contributed by atoms with E-state index in [9.17, 15) is 9.59 Å². The summed E-state index contributed by atoms with van der Waals surface area (Å²) >= 11 is 1.43. The van der Waals surface area contributed by atoms with Crippen molar-refractivity contribution in [3.8, 4) is 5.75 Å². The van der Waals surface area contributed by atoms with E-state index in [1.54, 1.807) is 18.9 Å². The van der Waals surface area contributed by atoms with Gasteiger partial charge in [-0.25, -0.2) is 9.78 Å². The van der Waals surface area contributed by atoms with E-state index in [-0.39, 0.29) is 23.3 Å². The predicted octanol–water partition coefficient (Wildman–Crippen LogP) is 1.92. The predicted molar refractivity (Wildman–Crippen MR) is 106 cm³/mol. The van der Waals surface area contributed by atoms with Crippen LogP contribution in [-0.4, -0.2) is 81.7 Å². The molecule has 154 valence electrons. The molecule has 9 nitrogen and oxygen atoms in total. The number of aromatic nitrogens is 3. The molecule has 4 rings (SSSR count). The van der Waals surface area contributed by atoms with Crippen molar-refractivity contribution >= 4 is 23.8 Å². The van der Waals surface area contributed by atoms with Crippen molar-refractivity contribution in [2.24, 2.45) is 0 Å². The Morgan fingerprint density at radius 3 is 2.79 bits per heavy atom. The van der Waals surface area contributed by atoms with E-state index in [2.05, 4.69) is 15.0 Å². The lowest BCUT2D eigenvalue weighted by atomic mass is 9.99. The summed E-state index contributed by atoms with van der Waals surface area (Å²) in [6, 6.07) is 7.60. The first-order valence-corrected chi connectivity index (χ1v) is 10.4. The van der Waals surface area contributed by atoms with Crippen LogP contribution in [0.4, 0.5) is 4.79 Å². The number of methoxy groups -OCH3 is 1. The molecule has 0 N–H and O–H groups in total. The maximum atomic E-state index is 13.0. The van der Waals surface area contributed by atoms with Crippen LogP contribution >= 0.6 is 11.8 Å². The number of piperazine rings is 1. The van der Waals surface area contributed by atoms with Crippen molar-refractivity contribution in [1.82, 2.24) is 24.6 Å². The number of nitrogens with zero attached hydrogens (tertiary/aromatic N) is 5. The maximum absolute atomic E-state index is 13.0. The van der Waals surface area contributed by atoms with E-state index < -0.39 is 0 Å². The number of hydrogen-bond acceptors (Lipinski definition) is 8. The summed E-state index contributed by atoms with van der Waals surface area (Å²) < 4.78 is 11.9. The number of hydrogen-bond donors (Lipinski definition) is 0. The van der Waals surface area contributed by atoms with E-state index in [4.69, 9.17) is 9.47 Å². The summed E-state index contributed by atoms with van der Waals surface area (Å²) in [6.07, 6.45) is 1.11. The SMILES string of the molecule is CCOC(=O)N1CCN(C(c2cccc(OC)c2)C2Sc3ncnn3C2=O)CC1. The number of carbonyl (C=O) groups excluding carboxylic acids is 2. The topological polar surface area (TPSA) is 89.8 Å². The molecule has 1 saturated heterocycles. The fourth-order valence-corrected chi connectivity index (χ4v) is 4.98. The quantitative estimate of drug-likeness (QED) is 0.729. The zero-order valence-electron chi connectivity index (χ0n) is 16.4. The molecule has 29 heavy (non-hydrogen) atoms. The largest absolute Gasteiger partial charge is 0.497 e. The molecule has 0 aliphatic carbocycles. The third kappa shape index (κ3) is 3.82. The van der Waals surface area contributed by atoms with Crippen molar-refractivity contribution in [1.29, 1.82) is 0 Å². The molecule has 1 aromatic carbocycles. The van der Waals surface area contributed by atoms with Crippen LogP contribution in [0.1, 0.15) is 23.3 Å². The summed E-state index contributed by atoms with van der Waals surface area (Å²) in [5.74, 6) is 0.659. The highest BCUT2D eigenvalue weighted by molar-refractivity contribution is 8.00. The Morgan fingerprint density at radius 2 is 2.10 bits per heavy atom. The van der Waals surface area contributed by atoms with Crippen LogP contribution in [0.2, 0.25) is 0 Å². The molecule has 0 spiro atoms. The van der Waals surface area contributed by atoms with Crippen LogP contribution < -0.4 is 4.74 Å². The van der Waals surface area contributed by atoms with Gasteiger partial charge in [0.1, 0.15) is 17.3 Å². The van der Waals surface area contributed by atoms with Crippen molar-refractivity contribution in [2.75, 3.05) is 39.9 Å². The van der Waals surface area contributed by atoms with Gasteiger partial charge in [0.25, 0.3) is 5.91 Å². The standard InChI is InChI=1S/C19H23N5O4S/c1-3-28-19(26)23-9-7-22(8-10-23)15(13-5-4-6-14(11-13)27-2)16-17(25)24-18(29-16)20-12-21-24/h4-6,11-12,15-16H,3,7-10H2,1-2H3. The molecular weight excluding hydrogens is 394 g/mol. The van der Waals surface area contributed by atoms with Gasteiger partial charge < -0.3 is 14.4 Å². The fourth-order valence-electron chi connectivity index (χ4n) is 3.75. The molecule has 10 heteroatoms. The summed E-state index contributed by atoms with van der Waals surface area (Å²) in [6.45, 7) is 4.54. The second-order valence-corrected chi connectivity index (χ2v) is 7.88. The third-order valence-electron chi connectivity index (χ3n) is 5.16. The lowest BCUT2D eigenvalue weighted by Crippen LogP contribution is -2.52. The lowest BCUT2D eigenvalue weighted by molar-refractivity contribution is 0.0600. The van der Waals surface area contributed by atoms with Crippen molar-refractivity contribution in [2.45, 2.75) is 23.4 Å². The van der Waals surface area contributed by atoms with Crippen molar-refractivity contribution < 1.29 is 19.1 Å². The first-order chi connectivity index (χ1) is 14.1. The van der Waals surface area contributed by atoms with Gasteiger partial charge in [0.15, 0.2) is 5.16 Å². The number of carbonyl (C=O) groups is 2. The van der Waals surface area contributed by atoms with Gasteiger partial charge in [-0.1, -0.05) is 23.9 Å². The number of amides is 1. The van der Waals surface area contributed by atoms with Crippen LogP contribution in [0.5, 0.6) is 5.75 Å². The molecular formula is C19H23N5O4S. The van der Waals surface area contributed by atoms with Crippen molar-refractivity contribution in [3.63, 3.8) is 0 Å². The molecule has 0 bridgehead atoms. The highest BCUT2D eigenvalue weighted by Crippen LogP contribution is 2.41.